The van der Waals surface area contributed by atoms with Crippen molar-refractivity contribution in [3.63, 3.8) is 0 Å². The molecule has 1 aliphatic rings. The highest BCUT2D eigenvalue weighted by atomic mass is 16.5. The van der Waals surface area contributed by atoms with Gasteiger partial charge in [0.05, 0.1) is 36.5 Å². The summed E-state index contributed by atoms with van der Waals surface area (Å²) in [6.45, 7) is 0.435. The van der Waals surface area contributed by atoms with Crippen LogP contribution in [0, 0.1) is 0 Å². The summed E-state index contributed by atoms with van der Waals surface area (Å²) in [5.74, 6) is 1.12. The van der Waals surface area contributed by atoms with Gasteiger partial charge in [-0.2, -0.15) is 0 Å². The number of aromatic nitrogens is 3. The average molecular weight is 401 g/mol. The zero-order valence-corrected chi connectivity index (χ0v) is 16.9. The lowest BCUT2D eigenvalue weighted by Gasteiger charge is -2.27. The Morgan fingerprint density at radius 2 is 1.93 bits per heavy atom. The fraction of sp³-hybridized carbons (Fsp3) is 0.292. The van der Waals surface area contributed by atoms with Crippen molar-refractivity contribution in [3.05, 3.63) is 70.9 Å². The summed E-state index contributed by atoms with van der Waals surface area (Å²) in [4.78, 5) is 22.1. The average Bonchev–Trinajstić information content (AvgIpc) is 2.74. The van der Waals surface area contributed by atoms with Crippen LogP contribution in [0.2, 0.25) is 0 Å². The molecule has 2 heterocycles. The zero-order chi connectivity index (χ0) is 20.5. The van der Waals surface area contributed by atoms with Crippen LogP contribution in [0.5, 0.6) is 11.5 Å². The van der Waals surface area contributed by atoms with Gasteiger partial charge in [-0.05, 0) is 37.5 Å². The van der Waals surface area contributed by atoms with Gasteiger partial charge in [-0.15, -0.1) is 0 Å². The molecule has 1 saturated carbocycles. The third-order valence-electron chi connectivity index (χ3n) is 5.81. The van der Waals surface area contributed by atoms with Crippen molar-refractivity contribution < 1.29 is 9.47 Å². The fourth-order valence-electron chi connectivity index (χ4n) is 3.85. The lowest BCUT2D eigenvalue weighted by Crippen LogP contribution is -2.29. The smallest absolute Gasteiger partial charge is 0.261 e. The molecule has 0 unspecified atom stereocenters. The van der Waals surface area contributed by atoms with Crippen molar-refractivity contribution in [1.29, 1.82) is 0 Å². The van der Waals surface area contributed by atoms with E-state index in [-0.39, 0.29) is 11.6 Å². The number of benzene rings is 2. The van der Waals surface area contributed by atoms with Gasteiger partial charge in [-0.25, -0.2) is 4.98 Å². The van der Waals surface area contributed by atoms with Gasteiger partial charge in [0.15, 0.2) is 11.5 Å². The lowest BCUT2D eigenvalue weighted by molar-refractivity contribution is 0.296. The summed E-state index contributed by atoms with van der Waals surface area (Å²) in [5, 5.41) is 1.68. The monoisotopic (exact) mass is 401 g/mol. The van der Waals surface area contributed by atoms with Crippen molar-refractivity contribution in [3.8, 4) is 11.5 Å². The van der Waals surface area contributed by atoms with E-state index in [9.17, 15) is 4.79 Å². The van der Waals surface area contributed by atoms with E-state index in [2.05, 4.69) is 16.0 Å². The number of fused-ring (bicyclic) bond motifs is 2. The first-order chi connectivity index (χ1) is 14.7. The molecule has 152 valence electrons. The van der Waals surface area contributed by atoms with Crippen LogP contribution < -0.4 is 15.0 Å². The molecule has 0 N–H and O–H groups in total. The summed E-state index contributed by atoms with van der Waals surface area (Å²) in [7, 11) is 1.59. The molecule has 6 nitrogen and oxygen atoms in total. The van der Waals surface area contributed by atoms with E-state index in [0.29, 0.717) is 35.4 Å². The molecule has 0 aliphatic heterocycles. The lowest BCUT2D eigenvalue weighted by atomic mass is 9.93. The number of rotatable bonds is 6. The fourth-order valence-corrected chi connectivity index (χ4v) is 3.85. The maximum Gasteiger partial charge on any atom is 0.261 e. The van der Waals surface area contributed by atoms with Gasteiger partial charge in [-0.3, -0.25) is 14.3 Å². The summed E-state index contributed by atoms with van der Waals surface area (Å²) in [6, 6.07) is 15.9. The molecule has 30 heavy (non-hydrogen) atoms. The van der Waals surface area contributed by atoms with E-state index < -0.39 is 0 Å². The predicted octanol–water partition coefficient (Wildman–Crippen LogP) is 4.30. The van der Waals surface area contributed by atoms with Crippen LogP contribution in [0.3, 0.4) is 0 Å². The molecule has 1 aliphatic carbocycles. The van der Waals surface area contributed by atoms with E-state index in [1.807, 2.05) is 30.3 Å². The van der Waals surface area contributed by atoms with E-state index in [4.69, 9.17) is 9.47 Å². The Bertz CT molecular complexity index is 1280. The van der Waals surface area contributed by atoms with Gasteiger partial charge in [0.2, 0.25) is 0 Å². The van der Waals surface area contributed by atoms with Gasteiger partial charge in [-0.1, -0.05) is 24.3 Å². The molecule has 4 aromatic rings. The van der Waals surface area contributed by atoms with Gasteiger partial charge < -0.3 is 9.47 Å². The SMILES string of the molecule is COc1cc2ncn(C3CCC3)c(=O)c2cc1OCCc1ccc2ccccc2n1. The third-order valence-corrected chi connectivity index (χ3v) is 5.81. The first-order valence-corrected chi connectivity index (χ1v) is 10.3. The van der Waals surface area contributed by atoms with Crippen LogP contribution in [0.15, 0.2) is 59.7 Å². The third kappa shape index (κ3) is 3.38. The molecule has 2 aromatic heterocycles. The molecule has 0 saturated heterocycles. The molecule has 0 spiro atoms. The maximum atomic E-state index is 13.0. The molecule has 6 heteroatoms. The number of para-hydroxylation sites is 1. The van der Waals surface area contributed by atoms with Crippen molar-refractivity contribution in [1.82, 2.24) is 14.5 Å². The normalized spacial score (nSPS) is 14.0. The molecule has 5 rings (SSSR count). The minimum Gasteiger partial charge on any atom is -0.493 e. The van der Waals surface area contributed by atoms with Crippen LogP contribution in [0.25, 0.3) is 21.8 Å². The minimum atomic E-state index is -0.0200. The number of ether oxygens (including phenoxy) is 2. The Hall–Kier alpha value is -3.41. The highest BCUT2D eigenvalue weighted by molar-refractivity contribution is 5.81. The molecule has 0 bridgehead atoms. The molecule has 0 atom stereocenters. The van der Waals surface area contributed by atoms with Gasteiger partial charge in [0.25, 0.3) is 5.56 Å². The zero-order valence-electron chi connectivity index (χ0n) is 16.9. The highest BCUT2D eigenvalue weighted by Crippen LogP contribution is 2.33. The molecule has 1 fully saturated rings. The van der Waals surface area contributed by atoms with Gasteiger partial charge in [0.1, 0.15) is 0 Å². The molecule has 2 aromatic carbocycles. The Balaban J connectivity index is 1.39. The molecular formula is C24H23N3O3. The van der Waals surface area contributed by atoms with Crippen LogP contribution >= 0.6 is 0 Å². The molecular weight excluding hydrogens is 378 g/mol. The first kappa shape index (κ1) is 18.6. The maximum absolute atomic E-state index is 13.0. The Kier molecular flexibility index (Phi) is 4.83. The van der Waals surface area contributed by atoms with Gasteiger partial charge in [0, 0.05) is 29.6 Å². The summed E-state index contributed by atoms with van der Waals surface area (Å²) < 4.78 is 13.2. The summed E-state index contributed by atoms with van der Waals surface area (Å²) in [6.07, 6.45) is 5.54. The Labute approximate surface area is 174 Å². The van der Waals surface area contributed by atoms with Crippen LogP contribution in [0.1, 0.15) is 31.0 Å². The quantitative estimate of drug-likeness (QED) is 0.482. The summed E-state index contributed by atoms with van der Waals surface area (Å²) >= 11 is 0. The second kappa shape index (κ2) is 7.78. The molecule has 0 radical (unpaired) electrons. The van der Waals surface area contributed by atoms with Crippen molar-refractivity contribution in [2.75, 3.05) is 13.7 Å². The van der Waals surface area contributed by atoms with E-state index in [1.54, 1.807) is 30.1 Å². The predicted molar refractivity (Wildman–Crippen MR) is 116 cm³/mol. The summed E-state index contributed by atoms with van der Waals surface area (Å²) in [5.41, 5.74) is 2.53. The number of pyridine rings is 1. The number of hydrogen-bond donors (Lipinski definition) is 0. The van der Waals surface area contributed by atoms with E-state index in [1.165, 1.54) is 0 Å². The van der Waals surface area contributed by atoms with Crippen molar-refractivity contribution in [2.45, 2.75) is 31.7 Å². The van der Waals surface area contributed by atoms with Crippen LogP contribution in [-0.2, 0) is 6.42 Å². The topological polar surface area (TPSA) is 66.2 Å². The number of methoxy groups -OCH3 is 1. The number of hydrogen-bond acceptors (Lipinski definition) is 5. The Morgan fingerprint density at radius 3 is 2.73 bits per heavy atom. The van der Waals surface area contributed by atoms with Crippen LogP contribution in [0.4, 0.5) is 0 Å². The number of nitrogens with zero attached hydrogens (tertiary/aromatic N) is 3. The van der Waals surface area contributed by atoms with Crippen molar-refractivity contribution >= 4 is 21.8 Å². The second-order valence-electron chi connectivity index (χ2n) is 7.66. The Morgan fingerprint density at radius 1 is 1.07 bits per heavy atom. The highest BCUT2D eigenvalue weighted by Gasteiger charge is 2.22. The molecule has 0 amide bonds. The standard InChI is InChI=1S/C24H23N3O3/c1-29-22-14-21-19(24(28)27(15-25-21)18-6-4-7-18)13-23(22)30-12-11-17-10-9-16-5-2-3-8-20(16)26-17/h2-3,5,8-10,13-15,18H,4,6-7,11-12H2,1H3. The minimum absolute atomic E-state index is 0.0200. The van der Waals surface area contributed by atoms with Crippen LogP contribution in [-0.4, -0.2) is 28.3 Å². The van der Waals surface area contributed by atoms with Crippen molar-refractivity contribution in [2.24, 2.45) is 0 Å². The first-order valence-electron chi connectivity index (χ1n) is 10.3. The largest absolute Gasteiger partial charge is 0.493 e. The second-order valence-corrected chi connectivity index (χ2v) is 7.66. The van der Waals surface area contributed by atoms with Gasteiger partial charge >= 0.3 is 0 Å². The van der Waals surface area contributed by atoms with E-state index >= 15 is 0 Å². The van der Waals surface area contributed by atoms with E-state index in [0.717, 1.165) is 35.9 Å².